The molecule has 0 aromatic heterocycles. The first-order valence-electron chi connectivity index (χ1n) is 7.42. The zero-order chi connectivity index (χ0) is 11.4. The molecule has 0 N–H and O–H groups in total. The quantitative estimate of drug-likeness (QED) is 0.591. The molecule has 0 aromatic carbocycles. The van der Waals surface area contributed by atoms with E-state index in [0.717, 1.165) is 29.6 Å². The summed E-state index contributed by atoms with van der Waals surface area (Å²) >= 11 is 6.21. The van der Waals surface area contributed by atoms with Crippen LogP contribution in [-0.2, 0) is 0 Å². The number of rotatable bonds is 4. The van der Waals surface area contributed by atoms with E-state index in [1.807, 2.05) is 0 Å². The molecule has 2 rings (SSSR count). The average molecular weight is 243 g/mol. The smallest absolute Gasteiger partial charge is 0.0254 e. The second-order valence-corrected chi connectivity index (χ2v) is 6.31. The summed E-state index contributed by atoms with van der Waals surface area (Å²) in [6.07, 6.45) is 13.1. The molecule has 0 radical (unpaired) electrons. The normalized spacial score (nSPS) is 36.8. The summed E-state index contributed by atoms with van der Waals surface area (Å²) < 4.78 is 0. The van der Waals surface area contributed by atoms with Gasteiger partial charge >= 0.3 is 0 Å². The molecule has 0 spiro atoms. The highest BCUT2D eigenvalue weighted by Gasteiger charge is 2.37. The average Bonchev–Trinajstić information content (AvgIpc) is 2.35. The van der Waals surface area contributed by atoms with Crippen molar-refractivity contribution in [2.24, 2.45) is 23.7 Å². The maximum Gasteiger partial charge on any atom is 0.0254 e. The fraction of sp³-hybridized carbons (Fsp3) is 1.00. The molecule has 0 aliphatic heterocycles. The highest BCUT2D eigenvalue weighted by molar-refractivity contribution is 6.18. The molecule has 1 heteroatoms. The van der Waals surface area contributed by atoms with Crippen molar-refractivity contribution in [3.63, 3.8) is 0 Å². The Balaban J connectivity index is 2.00. The minimum absolute atomic E-state index is 0.817. The molecule has 0 saturated heterocycles. The highest BCUT2D eigenvalue weighted by atomic mass is 35.5. The maximum absolute atomic E-state index is 6.21. The van der Waals surface area contributed by atoms with Crippen LogP contribution in [0.15, 0.2) is 0 Å². The van der Waals surface area contributed by atoms with Gasteiger partial charge in [-0.05, 0) is 42.9 Å². The van der Waals surface area contributed by atoms with Crippen molar-refractivity contribution in [3.05, 3.63) is 0 Å². The van der Waals surface area contributed by atoms with Crippen LogP contribution in [0.1, 0.15) is 64.7 Å². The van der Waals surface area contributed by atoms with Crippen LogP contribution in [0.25, 0.3) is 0 Å². The van der Waals surface area contributed by atoms with Crippen LogP contribution < -0.4 is 0 Å². The van der Waals surface area contributed by atoms with Gasteiger partial charge in [-0.2, -0.15) is 0 Å². The molecule has 4 atom stereocenters. The van der Waals surface area contributed by atoms with Gasteiger partial charge in [0.15, 0.2) is 0 Å². The van der Waals surface area contributed by atoms with Crippen LogP contribution in [0.5, 0.6) is 0 Å². The van der Waals surface area contributed by atoms with E-state index in [4.69, 9.17) is 11.6 Å². The summed E-state index contributed by atoms with van der Waals surface area (Å²) in [5.74, 6) is 4.80. The van der Waals surface area contributed by atoms with E-state index < -0.39 is 0 Å². The summed E-state index contributed by atoms with van der Waals surface area (Å²) in [6, 6.07) is 0. The Kier molecular flexibility index (Phi) is 5.00. The molecule has 2 aliphatic carbocycles. The number of halogens is 1. The van der Waals surface area contributed by atoms with E-state index in [2.05, 4.69) is 6.92 Å². The number of fused-ring (bicyclic) bond motifs is 1. The van der Waals surface area contributed by atoms with Crippen molar-refractivity contribution in [2.45, 2.75) is 64.7 Å². The van der Waals surface area contributed by atoms with Gasteiger partial charge < -0.3 is 0 Å². The molecule has 0 aromatic rings. The number of hydrogen-bond donors (Lipinski definition) is 0. The van der Waals surface area contributed by atoms with Gasteiger partial charge in [-0.3, -0.25) is 0 Å². The van der Waals surface area contributed by atoms with E-state index in [0.29, 0.717) is 0 Å². The van der Waals surface area contributed by atoms with Gasteiger partial charge in [0.2, 0.25) is 0 Å². The molecule has 2 saturated carbocycles. The topological polar surface area (TPSA) is 0 Å². The first-order chi connectivity index (χ1) is 7.86. The second kappa shape index (κ2) is 6.28. The number of alkyl halides is 1. The largest absolute Gasteiger partial charge is 0.126 e. The van der Waals surface area contributed by atoms with Gasteiger partial charge in [0, 0.05) is 5.88 Å². The fourth-order valence-corrected chi connectivity index (χ4v) is 4.73. The van der Waals surface area contributed by atoms with E-state index in [-0.39, 0.29) is 0 Å². The summed E-state index contributed by atoms with van der Waals surface area (Å²) in [6.45, 7) is 2.31. The molecule has 16 heavy (non-hydrogen) atoms. The third-order valence-corrected chi connectivity index (χ3v) is 5.49. The molecule has 2 aliphatic rings. The molecule has 94 valence electrons. The van der Waals surface area contributed by atoms with Crippen LogP contribution in [0.2, 0.25) is 0 Å². The SMILES string of the molecule is CCCC(CCl)C1CCCC2CCCCC21. The summed E-state index contributed by atoms with van der Waals surface area (Å²) in [5, 5.41) is 0. The van der Waals surface area contributed by atoms with Gasteiger partial charge in [0.1, 0.15) is 0 Å². The Labute approximate surface area is 106 Å². The third-order valence-electron chi connectivity index (χ3n) is 5.09. The standard InChI is InChI=1S/C15H27Cl/c1-2-6-13(11-16)15-10-5-8-12-7-3-4-9-14(12)15/h12-15H,2-11H2,1H3. The lowest BCUT2D eigenvalue weighted by molar-refractivity contribution is 0.0674. The Hall–Kier alpha value is 0.290. The molecule has 0 amide bonds. The second-order valence-electron chi connectivity index (χ2n) is 6.01. The van der Waals surface area contributed by atoms with Gasteiger partial charge in [-0.15, -0.1) is 11.6 Å². The van der Waals surface area contributed by atoms with E-state index in [9.17, 15) is 0 Å². The van der Waals surface area contributed by atoms with Crippen LogP contribution in [0.3, 0.4) is 0 Å². The Morgan fingerprint density at radius 2 is 1.81 bits per heavy atom. The van der Waals surface area contributed by atoms with Crippen molar-refractivity contribution >= 4 is 11.6 Å². The minimum atomic E-state index is 0.817. The lowest BCUT2D eigenvalue weighted by atomic mass is 9.62. The van der Waals surface area contributed by atoms with Crippen LogP contribution in [0.4, 0.5) is 0 Å². The summed E-state index contributed by atoms with van der Waals surface area (Å²) in [7, 11) is 0. The van der Waals surface area contributed by atoms with Gasteiger partial charge in [-0.1, -0.05) is 45.4 Å². The first kappa shape index (κ1) is 12.7. The summed E-state index contributed by atoms with van der Waals surface area (Å²) in [5.41, 5.74) is 0. The van der Waals surface area contributed by atoms with Crippen LogP contribution in [0, 0.1) is 23.7 Å². The third kappa shape index (κ3) is 2.75. The predicted octanol–water partition coefficient (Wildman–Crippen LogP) is 5.25. The van der Waals surface area contributed by atoms with Gasteiger partial charge in [-0.25, -0.2) is 0 Å². The molecular formula is C15H27Cl. The molecule has 0 nitrogen and oxygen atoms in total. The fourth-order valence-electron chi connectivity index (χ4n) is 4.35. The highest BCUT2D eigenvalue weighted by Crippen LogP contribution is 2.47. The van der Waals surface area contributed by atoms with E-state index in [1.165, 1.54) is 57.8 Å². The molecular weight excluding hydrogens is 216 g/mol. The number of hydrogen-bond acceptors (Lipinski definition) is 0. The Morgan fingerprint density at radius 3 is 2.56 bits per heavy atom. The van der Waals surface area contributed by atoms with Crippen molar-refractivity contribution in [1.82, 2.24) is 0 Å². The van der Waals surface area contributed by atoms with Gasteiger partial charge in [0.25, 0.3) is 0 Å². The zero-order valence-corrected chi connectivity index (χ0v) is 11.5. The molecule has 2 fully saturated rings. The Morgan fingerprint density at radius 1 is 1.06 bits per heavy atom. The van der Waals surface area contributed by atoms with Crippen LogP contribution >= 0.6 is 11.6 Å². The molecule has 0 bridgehead atoms. The van der Waals surface area contributed by atoms with Crippen LogP contribution in [-0.4, -0.2) is 5.88 Å². The lowest BCUT2D eigenvalue weighted by Gasteiger charge is -2.44. The Bertz CT molecular complexity index is 200. The van der Waals surface area contributed by atoms with Crippen molar-refractivity contribution in [3.8, 4) is 0 Å². The predicted molar refractivity (Wildman–Crippen MR) is 71.9 cm³/mol. The van der Waals surface area contributed by atoms with Crippen molar-refractivity contribution in [1.29, 1.82) is 0 Å². The molecule has 4 unspecified atom stereocenters. The molecule has 0 heterocycles. The lowest BCUT2D eigenvalue weighted by Crippen LogP contribution is -2.35. The van der Waals surface area contributed by atoms with Crippen molar-refractivity contribution < 1.29 is 0 Å². The van der Waals surface area contributed by atoms with Gasteiger partial charge in [0.05, 0.1) is 0 Å². The zero-order valence-electron chi connectivity index (χ0n) is 10.8. The summed E-state index contributed by atoms with van der Waals surface area (Å²) in [4.78, 5) is 0. The van der Waals surface area contributed by atoms with E-state index >= 15 is 0 Å². The van der Waals surface area contributed by atoms with E-state index in [1.54, 1.807) is 0 Å². The first-order valence-corrected chi connectivity index (χ1v) is 7.96. The maximum atomic E-state index is 6.21. The minimum Gasteiger partial charge on any atom is -0.126 e. The monoisotopic (exact) mass is 242 g/mol. The van der Waals surface area contributed by atoms with Crippen molar-refractivity contribution in [2.75, 3.05) is 5.88 Å².